The van der Waals surface area contributed by atoms with E-state index in [1.807, 2.05) is 63.4 Å². The molecule has 0 fully saturated rings. The Morgan fingerprint density at radius 1 is 1.17 bits per heavy atom. The van der Waals surface area contributed by atoms with E-state index in [1.54, 1.807) is 6.20 Å². The largest absolute Gasteiger partial charge is 0.494 e. The number of hydrogen-bond acceptors (Lipinski definition) is 4. The molecule has 0 aliphatic carbocycles. The SMILES string of the molecule is CCOc1ccccc1CNC(=O)n1nc(C)c(Cc2c[nH]c3ncccc23)c1C. The quantitative estimate of drug-likeness (QED) is 0.507. The van der Waals surface area contributed by atoms with Crippen LogP contribution in [-0.2, 0) is 13.0 Å². The molecule has 30 heavy (non-hydrogen) atoms. The number of amides is 1. The van der Waals surface area contributed by atoms with Crippen molar-refractivity contribution in [1.82, 2.24) is 25.1 Å². The van der Waals surface area contributed by atoms with Crippen LogP contribution in [0.15, 0.2) is 48.8 Å². The van der Waals surface area contributed by atoms with E-state index in [0.29, 0.717) is 19.6 Å². The first-order valence-corrected chi connectivity index (χ1v) is 10.0. The van der Waals surface area contributed by atoms with Crippen molar-refractivity contribution in [3.05, 3.63) is 76.9 Å². The molecular weight excluding hydrogens is 378 g/mol. The van der Waals surface area contributed by atoms with Gasteiger partial charge in [-0.05, 0) is 44.5 Å². The molecule has 7 nitrogen and oxygen atoms in total. The summed E-state index contributed by atoms with van der Waals surface area (Å²) in [5.74, 6) is 0.780. The number of hydrogen-bond donors (Lipinski definition) is 2. The number of rotatable bonds is 6. The fourth-order valence-corrected chi connectivity index (χ4v) is 3.67. The first-order valence-electron chi connectivity index (χ1n) is 10.0. The van der Waals surface area contributed by atoms with Crippen LogP contribution in [0.1, 0.15) is 35.0 Å². The second-order valence-corrected chi connectivity index (χ2v) is 7.15. The summed E-state index contributed by atoms with van der Waals surface area (Å²) in [6, 6.07) is 11.4. The summed E-state index contributed by atoms with van der Waals surface area (Å²) in [5.41, 5.74) is 5.65. The van der Waals surface area contributed by atoms with Crippen molar-refractivity contribution in [3.8, 4) is 5.75 Å². The highest BCUT2D eigenvalue weighted by molar-refractivity contribution is 5.80. The molecule has 3 aromatic heterocycles. The highest BCUT2D eigenvalue weighted by Gasteiger charge is 2.18. The Morgan fingerprint density at radius 3 is 2.83 bits per heavy atom. The lowest BCUT2D eigenvalue weighted by Crippen LogP contribution is -2.30. The van der Waals surface area contributed by atoms with Gasteiger partial charge >= 0.3 is 6.03 Å². The van der Waals surface area contributed by atoms with Crippen LogP contribution in [0.25, 0.3) is 11.0 Å². The number of H-pyrrole nitrogens is 1. The molecule has 0 saturated carbocycles. The number of aryl methyl sites for hydroxylation is 1. The highest BCUT2D eigenvalue weighted by Crippen LogP contribution is 2.23. The molecule has 0 unspecified atom stereocenters. The number of fused-ring (bicyclic) bond motifs is 1. The van der Waals surface area contributed by atoms with E-state index in [1.165, 1.54) is 4.68 Å². The molecule has 0 spiro atoms. The first kappa shape index (κ1) is 19.7. The number of benzene rings is 1. The third kappa shape index (κ3) is 3.78. The summed E-state index contributed by atoms with van der Waals surface area (Å²) in [5, 5.41) is 8.52. The Kier molecular flexibility index (Phi) is 5.52. The summed E-state index contributed by atoms with van der Waals surface area (Å²) >= 11 is 0. The summed E-state index contributed by atoms with van der Waals surface area (Å²) in [4.78, 5) is 20.4. The second kappa shape index (κ2) is 8.41. The normalized spacial score (nSPS) is 11.0. The number of carbonyl (C=O) groups is 1. The Balaban J connectivity index is 1.52. The molecule has 4 aromatic rings. The maximum atomic E-state index is 12.8. The molecule has 1 amide bonds. The average molecular weight is 403 g/mol. The Labute approximate surface area is 175 Å². The molecular formula is C23H25N5O2. The number of para-hydroxylation sites is 1. The molecule has 154 valence electrons. The lowest BCUT2D eigenvalue weighted by Gasteiger charge is -2.11. The fourth-order valence-electron chi connectivity index (χ4n) is 3.67. The van der Waals surface area contributed by atoms with Crippen molar-refractivity contribution in [2.24, 2.45) is 0 Å². The topological polar surface area (TPSA) is 84.8 Å². The van der Waals surface area contributed by atoms with Crippen LogP contribution in [-0.4, -0.2) is 32.4 Å². The zero-order chi connectivity index (χ0) is 21.1. The predicted octanol–water partition coefficient (Wildman–Crippen LogP) is 4.12. The van der Waals surface area contributed by atoms with E-state index in [0.717, 1.165) is 44.9 Å². The molecule has 0 radical (unpaired) electrons. The third-order valence-corrected chi connectivity index (χ3v) is 5.24. The molecule has 0 aliphatic heterocycles. The molecule has 7 heteroatoms. The molecule has 0 bridgehead atoms. The van der Waals surface area contributed by atoms with Gasteiger partial charge in [-0.1, -0.05) is 18.2 Å². The molecule has 0 saturated heterocycles. The lowest BCUT2D eigenvalue weighted by atomic mass is 10.0. The summed E-state index contributed by atoms with van der Waals surface area (Å²) in [7, 11) is 0. The maximum absolute atomic E-state index is 12.8. The van der Waals surface area contributed by atoms with Gasteiger partial charge in [0.05, 0.1) is 12.3 Å². The van der Waals surface area contributed by atoms with Crippen molar-refractivity contribution in [1.29, 1.82) is 0 Å². The molecule has 4 rings (SSSR count). The fraction of sp³-hybridized carbons (Fsp3) is 0.261. The van der Waals surface area contributed by atoms with Crippen LogP contribution in [0.2, 0.25) is 0 Å². The number of pyridine rings is 1. The lowest BCUT2D eigenvalue weighted by molar-refractivity contribution is 0.238. The van der Waals surface area contributed by atoms with Crippen molar-refractivity contribution in [2.75, 3.05) is 6.61 Å². The van der Waals surface area contributed by atoms with E-state index in [2.05, 4.69) is 20.4 Å². The van der Waals surface area contributed by atoms with Crippen LogP contribution in [0.4, 0.5) is 4.79 Å². The van der Waals surface area contributed by atoms with Gasteiger partial charge in [0.15, 0.2) is 0 Å². The van der Waals surface area contributed by atoms with Gasteiger partial charge < -0.3 is 15.0 Å². The van der Waals surface area contributed by atoms with Gasteiger partial charge in [-0.2, -0.15) is 9.78 Å². The van der Waals surface area contributed by atoms with Crippen LogP contribution >= 0.6 is 0 Å². The highest BCUT2D eigenvalue weighted by atomic mass is 16.5. The third-order valence-electron chi connectivity index (χ3n) is 5.24. The minimum absolute atomic E-state index is 0.256. The Bertz CT molecular complexity index is 1190. The van der Waals surface area contributed by atoms with E-state index in [-0.39, 0.29) is 6.03 Å². The van der Waals surface area contributed by atoms with Gasteiger partial charge in [0.1, 0.15) is 11.4 Å². The van der Waals surface area contributed by atoms with E-state index in [9.17, 15) is 4.79 Å². The minimum Gasteiger partial charge on any atom is -0.494 e. The zero-order valence-electron chi connectivity index (χ0n) is 17.4. The van der Waals surface area contributed by atoms with E-state index < -0.39 is 0 Å². The van der Waals surface area contributed by atoms with Gasteiger partial charge in [-0.3, -0.25) is 0 Å². The Morgan fingerprint density at radius 2 is 2.00 bits per heavy atom. The molecule has 1 aromatic carbocycles. The van der Waals surface area contributed by atoms with Gasteiger partial charge in [-0.15, -0.1) is 0 Å². The molecule has 2 N–H and O–H groups in total. The molecule has 0 atom stereocenters. The number of nitrogens with zero attached hydrogens (tertiary/aromatic N) is 3. The monoisotopic (exact) mass is 403 g/mol. The van der Waals surface area contributed by atoms with E-state index in [4.69, 9.17) is 4.74 Å². The predicted molar refractivity (Wildman–Crippen MR) is 116 cm³/mol. The molecule has 0 aliphatic rings. The van der Waals surface area contributed by atoms with Crippen molar-refractivity contribution in [2.45, 2.75) is 33.7 Å². The van der Waals surface area contributed by atoms with E-state index >= 15 is 0 Å². The first-order chi connectivity index (χ1) is 14.6. The minimum atomic E-state index is -0.256. The zero-order valence-corrected chi connectivity index (χ0v) is 17.4. The van der Waals surface area contributed by atoms with Crippen molar-refractivity contribution in [3.63, 3.8) is 0 Å². The Hall–Kier alpha value is -3.61. The van der Waals surface area contributed by atoms with Crippen LogP contribution < -0.4 is 10.1 Å². The van der Waals surface area contributed by atoms with Crippen molar-refractivity contribution >= 4 is 17.1 Å². The van der Waals surface area contributed by atoms with Gasteiger partial charge in [0.2, 0.25) is 0 Å². The smallest absolute Gasteiger partial charge is 0.342 e. The summed E-state index contributed by atoms with van der Waals surface area (Å²) < 4.78 is 7.08. The summed E-state index contributed by atoms with van der Waals surface area (Å²) in [6.07, 6.45) is 4.42. The number of ether oxygens (including phenoxy) is 1. The van der Waals surface area contributed by atoms with Crippen LogP contribution in [0.3, 0.4) is 0 Å². The summed E-state index contributed by atoms with van der Waals surface area (Å²) in [6.45, 7) is 6.75. The van der Waals surface area contributed by atoms with Crippen LogP contribution in [0.5, 0.6) is 5.75 Å². The number of aromatic amines is 1. The van der Waals surface area contributed by atoms with Gasteiger partial charge in [-0.25, -0.2) is 9.78 Å². The van der Waals surface area contributed by atoms with Crippen LogP contribution in [0, 0.1) is 13.8 Å². The molecule has 3 heterocycles. The number of nitrogens with one attached hydrogen (secondary N) is 2. The van der Waals surface area contributed by atoms with Crippen molar-refractivity contribution < 1.29 is 9.53 Å². The number of carbonyl (C=O) groups excluding carboxylic acids is 1. The van der Waals surface area contributed by atoms with Gasteiger partial charge in [0, 0.05) is 47.6 Å². The van der Waals surface area contributed by atoms with Gasteiger partial charge in [0.25, 0.3) is 0 Å². The number of aromatic nitrogens is 4. The standard InChI is InChI=1S/C23H25N5O2/c1-4-30-21-10-6-5-8-17(21)13-26-23(29)28-16(3)20(15(2)27-28)12-18-14-25-22-19(18)9-7-11-24-22/h5-11,14H,4,12-13H2,1-3H3,(H,24,25)(H,26,29). The second-order valence-electron chi connectivity index (χ2n) is 7.15. The average Bonchev–Trinajstić information content (AvgIpc) is 3.29. The maximum Gasteiger partial charge on any atom is 0.342 e.